The SMILES string of the molecule is Cl.N#Cc1ccc2[nH]cc(C(=O)C(=O)NC3CN4CCC3CC4)c2c1. The fourth-order valence-corrected chi connectivity index (χ4v) is 3.86. The number of halogens is 1. The van der Waals surface area contributed by atoms with E-state index in [1.54, 1.807) is 24.4 Å². The lowest BCUT2D eigenvalue weighted by atomic mass is 9.84. The zero-order valence-corrected chi connectivity index (χ0v) is 14.4. The number of carbonyl (C=O) groups is 2. The summed E-state index contributed by atoms with van der Waals surface area (Å²) in [4.78, 5) is 30.3. The highest BCUT2D eigenvalue weighted by Crippen LogP contribution is 2.27. The number of carbonyl (C=O) groups excluding carboxylic acids is 2. The van der Waals surface area contributed by atoms with Crippen molar-refractivity contribution in [2.75, 3.05) is 19.6 Å². The van der Waals surface area contributed by atoms with E-state index in [1.807, 2.05) is 0 Å². The van der Waals surface area contributed by atoms with Crippen LogP contribution in [-0.4, -0.2) is 47.3 Å². The third kappa shape index (κ3) is 3.13. The fraction of sp³-hybridized carbons (Fsp3) is 0.389. The summed E-state index contributed by atoms with van der Waals surface area (Å²) in [5, 5.41) is 12.6. The standard InChI is InChI=1S/C18H18N4O2.ClH/c19-8-11-1-2-15-13(7-11)14(9-20-15)17(23)18(24)21-16-10-22-5-3-12(16)4-6-22;/h1-2,7,9,12,16,20H,3-6,10H2,(H,21,24);1H. The first-order chi connectivity index (χ1) is 11.7. The van der Waals surface area contributed by atoms with Crippen molar-refractivity contribution in [3.8, 4) is 6.07 Å². The quantitative estimate of drug-likeness (QED) is 0.647. The van der Waals surface area contributed by atoms with Crippen molar-refractivity contribution in [2.24, 2.45) is 5.92 Å². The lowest BCUT2D eigenvalue weighted by Crippen LogP contribution is -2.58. The number of amides is 1. The number of ketones is 1. The van der Waals surface area contributed by atoms with Crippen molar-refractivity contribution < 1.29 is 9.59 Å². The zero-order chi connectivity index (χ0) is 16.7. The second kappa shape index (κ2) is 6.87. The van der Waals surface area contributed by atoms with Gasteiger partial charge in [0.25, 0.3) is 11.7 Å². The van der Waals surface area contributed by atoms with E-state index < -0.39 is 11.7 Å². The summed E-state index contributed by atoms with van der Waals surface area (Å²) >= 11 is 0. The van der Waals surface area contributed by atoms with Crippen molar-refractivity contribution in [2.45, 2.75) is 18.9 Å². The number of fused-ring (bicyclic) bond motifs is 4. The summed E-state index contributed by atoms with van der Waals surface area (Å²) in [5.41, 5.74) is 1.53. The molecule has 1 amide bonds. The first-order valence-corrected chi connectivity index (χ1v) is 8.24. The van der Waals surface area contributed by atoms with E-state index in [-0.39, 0.29) is 18.4 Å². The van der Waals surface area contributed by atoms with E-state index in [2.05, 4.69) is 21.3 Å². The number of H-pyrrole nitrogens is 1. The average Bonchev–Trinajstić information content (AvgIpc) is 3.05. The van der Waals surface area contributed by atoms with Gasteiger partial charge in [0.2, 0.25) is 0 Å². The molecule has 130 valence electrons. The average molecular weight is 359 g/mol. The lowest BCUT2D eigenvalue weighted by molar-refractivity contribution is -0.119. The van der Waals surface area contributed by atoms with E-state index in [4.69, 9.17) is 5.26 Å². The molecular weight excluding hydrogens is 340 g/mol. The van der Waals surface area contributed by atoms with Crippen LogP contribution < -0.4 is 5.32 Å². The van der Waals surface area contributed by atoms with Gasteiger partial charge in [0.15, 0.2) is 0 Å². The lowest BCUT2D eigenvalue weighted by Gasteiger charge is -2.44. The number of aromatic amines is 1. The number of piperidine rings is 3. The largest absolute Gasteiger partial charge is 0.360 e. The van der Waals surface area contributed by atoms with Gasteiger partial charge in [-0.3, -0.25) is 9.59 Å². The van der Waals surface area contributed by atoms with Gasteiger partial charge in [0.05, 0.1) is 17.2 Å². The Kier molecular flexibility index (Phi) is 4.80. The fourth-order valence-electron chi connectivity index (χ4n) is 3.86. The van der Waals surface area contributed by atoms with Crippen LogP contribution in [0.15, 0.2) is 24.4 Å². The molecule has 3 aliphatic rings. The monoisotopic (exact) mass is 358 g/mol. The third-order valence-electron chi connectivity index (χ3n) is 5.23. The van der Waals surface area contributed by atoms with Crippen LogP contribution in [0.4, 0.5) is 0 Å². The molecule has 4 heterocycles. The summed E-state index contributed by atoms with van der Waals surface area (Å²) in [6.07, 6.45) is 3.71. The second-order valence-corrected chi connectivity index (χ2v) is 6.62. The molecule has 1 atom stereocenters. The van der Waals surface area contributed by atoms with Crippen LogP contribution >= 0.6 is 12.4 Å². The molecule has 1 aromatic heterocycles. The van der Waals surface area contributed by atoms with Gasteiger partial charge < -0.3 is 15.2 Å². The molecule has 2 aromatic rings. The number of hydrogen-bond donors (Lipinski definition) is 2. The molecule has 0 aliphatic carbocycles. The van der Waals surface area contributed by atoms with E-state index >= 15 is 0 Å². The van der Waals surface area contributed by atoms with Crippen molar-refractivity contribution in [3.05, 3.63) is 35.5 Å². The predicted octanol–water partition coefficient (Wildman–Crippen LogP) is 1.85. The second-order valence-electron chi connectivity index (χ2n) is 6.62. The summed E-state index contributed by atoms with van der Waals surface area (Å²) < 4.78 is 0. The number of nitrogens with zero attached hydrogens (tertiary/aromatic N) is 2. The molecule has 3 saturated heterocycles. The van der Waals surface area contributed by atoms with Crippen LogP contribution in [0, 0.1) is 17.2 Å². The normalized spacial score (nSPS) is 24.4. The van der Waals surface area contributed by atoms with Crippen LogP contribution in [0.1, 0.15) is 28.8 Å². The van der Waals surface area contributed by atoms with E-state index in [0.29, 0.717) is 22.4 Å². The van der Waals surface area contributed by atoms with Crippen molar-refractivity contribution >= 4 is 35.0 Å². The number of nitriles is 1. The Labute approximate surface area is 151 Å². The van der Waals surface area contributed by atoms with Gasteiger partial charge in [-0.1, -0.05) is 0 Å². The van der Waals surface area contributed by atoms with Crippen LogP contribution in [0.25, 0.3) is 10.9 Å². The Morgan fingerprint density at radius 1 is 1.28 bits per heavy atom. The highest BCUT2D eigenvalue weighted by Gasteiger charge is 2.36. The van der Waals surface area contributed by atoms with Gasteiger partial charge in [0, 0.05) is 29.7 Å². The minimum absolute atomic E-state index is 0. The Morgan fingerprint density at radius 2 is 2.04 bits per heavy atom. The predicted molar refractivity (Wildman–Crippen MR) is 95.7 cm³/mol. The highest BCUT2D eigenvalue weighted by atomic mass is 35.5. The van der Waals surface area contributed by atoms with Gasteiger partial charge in [-0.05, 0) is 50.0 Å². The van der Waals surface area contributed by atoms with Crippen LogP contribution in [0.3, 0.4) is 0 Å². The number of hydrogen-bond acceptors (Lipinski definition) is 4. The molecule has 0 spiro atoms. The summed E-state index contributed by atoms with van der Waals surface area (Å²) in [6.45, 7) is 3.00. The minimum atomic E-state index is -0.558. The first-order valence-electron chi connectivity index (χ1n) is 8.24. The number of Topliss-reactive ketones (excluding diaryl/α,β-unsaturated/α-hetero) is 1. The number of nitrogens with one attached hydrogen (secondary N) is 2. The zero-order valence-electron chi connectivity index (χ0n) is 13.6. The Morgan fingerprint density at radius 3 is 2.68 bits per heavy atom. The molecule has 3 fully saturated rings. The van der Waals surface area contributed by atoms with E-state index in [1.165, 1.54) is 0 Å². The maximum atomic E-state index is 12.6. The molecule has 7 heteroatoms. The molecule has 6 nitrogen and oxygen atoms in total. The van der Waals surface area contributed by atoms with Crippen molar-refractivity contribution in [1.82, 2.24) is 15.2 Å². The maximum absolute atomic E-state index is 12.6. The molecule has 2 N–H and O–H groups in total. The van der Waals surface area contributed by atoms with Crippen LogP contribution in [0.2, 0.25) is 0 Å². The minimum Gasteiger partial charge on any atom is -0.360 e. The number of rotatable bonds is 3. The van der Waals surface area contributed by atoms with Crippen molar-refractivity contribution in [1.29, 1.82) is 5.26 Å². The van der Waals surface area contributed by atoms with Gasteiger partial charge in [-0.15, -0.1) is 12.4 Å². The topological polar surface area (TPSA) is 89.0 Å². The summed E-state index contributed by atoms with van der Waals surface area (Å²) in [7, 11) is 0. The van der Waals surface area contributed by atoms with Crippen LogP contribution in [0.5, 0.6) is 0 Å². The Balaban J connectivity index is 0.00000182. The molecule has 5 rings (SSSR count). The molecule has 0 radical (unpaired) electrons. The Hall–Kier alpha value is -2.36. The van der Waals surface area contributed by atoms with Crippen LogP contribution in [-0.2, 0) is 4.79 Å². The maximum Gasteiger partial charge on any atom is 0.292 e. The number of aromatic nitrogens is 1. The molecule has 2 bridgehead atoms. The van der Waals surface area contributed by atoms with E-state index in [9.17, 15) is 9.59 Å². The summed E-state index contributed by atoms with van der Waals surface area (Å²) in [5.74, 6) is -0.635. The molecule has 0 saturated carbocycles. The summed E-state index contributed by atoms with van der Waals surface area (Å²) in [6, 6.07) is 7.18. The molecule has 3 aliphatic heterocycles. The molecule has 1 unspecified atom stereocenters. The molecule has 1 aromatic carbocycles. The van der Waals surface area contributed by atoms with Gasteiger partial charge in [0.1, 0.15) is 0 Å². The van der Waals surface area contributed by atoms with Gasteiger partial charge in [-0.2, -0.15) is 5.26 Å². The van der Waals surface area contributed by atoms with E-state index in [0.717, 1.165) is 38.0 Å². The number of benzene rings is 1. The van der Waals surface area contributed by atoms with Gasteiger partial charge in [-0.25, -0.2) is 0 Å². The smallest absolute Gasteiger partial charge is 0.292 e. The van der Waals surface area contributed by atoms with Crippen molar-refractivity contribution in [3.63, 3.8) is 0 Å². The van der Waals surface area contributed by atoms with Gasteiger partial charge >= 0.3 is 0 Å². The third-order valence-corrected chi connectivity index (χ3v) is 5.23. The highest BCUT2D eigenvalue weighted by molar-refractivity contribution is 6.45. The molecule has 25 heavy (non-hydrogen) atoms. The molecular formula is C18H19ClN4O2. The Bertz CT molecular complexity index is 862. The first kappa shape index (κ1) is 17.5.